The molecule has 21 heavy (non-hydrogen) atoms. The van der Waals surface area contributed by atoms with E-state index < -0.39 is 12.1 Å². The summed E-state index contributed by atoms with van der Waals surface area (Å²) < 4.78 is 5.49. The lowest BCUT2D eigenvalue weighted by atomic mass is 9.72. The van der Waals surface area contributed by atoms with Gasteiger partial charge in [-0.3, -0.25) is 0 Å². The summed E-state index contributed by atoms with van der Waals surface area (Å²) in [6, 6.07) is 7.81. The third-order valence-electron chi connectivity index (χ3n) is 3.53. The number of carboxylic acid groups (broad SMARTS) is 1. The monoisotopic (exact) mass is 292 g/mol. The van der Waals surface area contributed by atoms with Crippen molar-refractivity contribution in [2.45, 2.75) is 65.9 Å². The summed E-state index contributed by atoms with van der Waals surface area (Å²) in [6.07, 6.45) is 0.748. The van der Waals surface area contributed by atoms with Crippen molar-refractivity contribution in [2.24, 2.45) is 5.41 Å². The van der Waals surface area contributed by atoms with Gasteiger partial charge in [0.2, 0.25) is 0 Å². The molecule has 3 nitrogen and oxygen atoms in total. The van der Waals surface area contributed by atoms with Crippen molar-refractivity contribution in [1.82, 2.24) is 0 Å². The van der Waals surface area contributed by atoms with Crippen molar-refractivity contribution in [3.8, 4) is 5.75 Å². The number of aliphatic carboxylic acids is 1. The molecular weight excluding hydrogens is 264 g/mol. The Hall–Kier alpha value is -1.51. The van der Waals surface area contributed by atoms with E-state index in [1.807, 2.05) is 24.3 Å². The number of carboxylic acids is 1. The maximum absolute atomic E-state index is 11.0. The molecule has 1 aromatic carbocycles. The Bertz CT molecular complexity index is 466. The fraction of sp³-hybridized carbons (Fsp3) is 0.611. The number of ether oxygens (including phenoxy) is 1. The summed E-state index contributed by atoms with van der Waals surface area (Å²) >= 11 is 0. The maximum Gasteiger partial charge on any atom is 0.344 e. The number of hydrogen-bond acceptors (Lipinski definition) is 2. The third kappa shape index (κ3) is 5.41. The second kappa shape index (κ2) is 6.50. The molecule has 0 heterocycles. The van der Waals surface area contributed by atoms with Crippen molar-refractivity contribution >= 4 is 5.97 Å². The quantitative estimate of drug-likeness (QED) is 0.830. The first-order chi connectivity index (χ1) is 9.55. The second-order valence-corrected chi connectivity index (χ2v) is 7.50. The fourth-order valence-electron chi connectivity index (χ4n) is 2.89. The molecule has 0 saturated carbocycles. The van der Waals surface area contributed by atoms with Crippen molar-refractivity contribution in [2.75, 3.05) is 0 Å². The molecule has 1 N–H and O–H groups in total. The zero-order valence-corrected chi connectivity index (χ0v) is 14.1. The molecule has 0 fully saturated rings. The van der Waals surface area contributed by atoms with E-state index >= 15 is 0 Å². The molecule has 118 valence electrons. The van der Waals surface area contributed by atoms with Crippen LogP contribution in [0, 0.1) is 5.41 Å². The first-order valence-electron chi connectivity index (χ1n) is 7.55. The minimum absolute atomic E-state index is 0.0771. The average molecular weight is 292 g/mol. The lowest BCUT2D eigenvalue weighted by Gasteiger charge is -2.33. The molecule has 1 atom stereocenters. The first-order valence-corrected chi connectivity index (χ1v) is 7.55. The molecule has 0 aliphatic heterocycles. The lowest BCUT2D eigenvalue weighted by molar-refractivity contribution is -0.145. The minimum atomic E-state index is -0.922. The molecule has 0 amide bonds. The zero-order chi connectivity index (χ0) is 16.3. The van der Waals surface area contributed by atoms with Crippen LogP contribution in [-0.4, -0.2) is 17.2 Å². The molecule has 1 aromatic rings. The van der Waals surface area contributed by atoms with E-state index in [1.54, 1.807) is 6.92 Å². The number of benzene rings is 1. The van der Waals surface area contributed by atoms with Crippen LogP contribution in [0.2, 0.25) is 0 Å². The standard InChI is InChI=1S/C18H28O3/c1-7-15(16(19)20)21-14-10-8-13(9-11-14)18(5,6)12-17(2,3)4/h8-11,15H,7,12H2,1-6H3,(H,19,20)/t15-/m1/s1. The smallest absolute Gasteiger partial charge is 0.344 e. The van der Waals surface area contributed by atoms with Crippen LogP contribution in [0.4, 0.5) is 0 Å². The topological polar surface area (TPSA) is 46.5 Å². The highest BCUT2D eigenvalue weighted by Gasteiger charge is 2.27. The van der Waals surface area contributed by atoms with Gasteiger partial charge in [0.15, 0.2) is 6.10 Å². The molecule has 0 radical (unpaired) electrons. The zero-order valence-electron chi connectivity index (χ0n) is 14.1. The maximum atomic E-state index is 11.0. The van der Waals surface area contributed by atoms with Gasteiger partial charge in [0.25, 0.3) is 0 Å². The van der Waals surface area contributed by atoms with Crippen LogP contribution < -0.4 is 4.74 Å². The molecule has 1 rings (SSSR count). The van der Waals surface area contributed by atoms with Gasteiger partial charge in [-0.1, -0.05) is 53.7 Å². The Kier molecular flexibility index (Phi) is 5.43. The molecule has 0 bridgehead atoms. The normalized spacial score (nSPS) is 13.8. The fourth-order valence-corrected chi connectivity index (χ4v) is 2.89. The molecule has 0 aliphatic rings. The van der Waals surface area contributed by atoms with Crippen molar-refractivity contribution in [1.29, 1.82) is 0 Å². The molecule has 0 saturated heterocycles. The van der Waals surface area contributed by atoms with Gasteiger partial charge in [-0.25, -0.2) is 4.79 Å². The summed E-state index contributed by atoms with van der Waals surface area (Å²) in [5, 5.41) is 9.02. The SMILES string of the molecule is CC[C@@H](Oc1ccc(C(C)(C)CC(C)(C)C)cc1)C(=O)O. The van der Waals surface area contributed by atoms with E-state index in [0.29, 0.717) is 12.2 Å². The predicted molar refractivity (Wildman–Crippen MR) is 85.9 cm³/mol. The highest BCUT2D eigenvalue weighted by molar-refractivity contribution is 5.72. The van der Waals surface area contributed by atoms with Crippen LogP contribution in [0.3, 0.4) is 0 Å². The van der Waals surface area contributed by atoms with E-state index in [2.05, 4.69) is 34.6 Å². The Morgan fingerprint density at radius 2 is 1.67 bits per heavy atom. The summed E-state index contributed by atoms with van der Waals surface area (Å²) in [5.74, 6) is -0.311. The Morgan fingerprint density at radius 3 is 2.05 bits per heavy atom. The van der Waals surface area contributed by atoms with Crippen LogP contribution in [0.15, 0.2) is 24.3 Å². The molecule has 0 unspecified atom stereocenters. The molecule has 0 aliphatic carbocycles. The van der Waals surface area contributed by atoms with Crippen molar-refractivity contribution in [3.63, 3.8) is 0 Å². The van der Waals surface area contributed by atoms with Crippen LogP contribution in [0.25, 0.3) is 0 Å². The van der Waals surface area contributed by atoms with Gasteiger partial charge in [-0.2, -0.15) is 0 Å². The Morgan fingerprint density at radius 1 is 1.14 bits per heavy atom. The van der Waals surface area contributed by atoms with Crippen molar-refractivity contribution in [3.05, 3.63) is 29.8 Å². The highest BCUT2D eigenvalue weighted by atomic mass is 16.5. The lowest BCUT2D eigenvalue weighted by Crippen LogP contribution is -2.26. The number of rotatable bonds is 6. The summed E-state index contributed by atoms with van der Waals surface area (Å²) in [4.78, 5) is 11.0. The molecule has 0 spiro atoms. The average Bonchev–Trinajstić information content (AvgIpc) is 2.33. The van der Waals surface area contributed by atoms with Gasteiger partial charge in [0, 0.05) is 0 Å². The third-order valence-corrected chi connectivity index (χ3v) is 3.53. The highest BCUT2D eigenvalue weighted by Crippen LogP contribution is 2.36. The molecule has 3 heteroatoms. The first kappa shape index (κ1) is 17.5. The number of carbonyl (C=O) groups is 1. The molecule has 0 aromatic heterocycles. The van der Waals surface area contributed by atoms with Gasteiger partial charge in [-0.05, 0) is 41.4 Å². The van der Waals surface area contributed by atoms with Crippen LogP contribution >= 0.6 is 0 Å². The van der Waals surface area contributed by atoms with E-state index in [0.717, 1.165) is 6.42 Å². The van der Waals surface area contributed by atoms with Crippen LogP contribution in [0.5, 0.6) is 5.75 Å². The minimum Gasteiger partial charge on any atom is -0.479 e. The summed E-state index contributed by atoms with van der Waals surface area (Å²) in [5.41, 5.74) is 1.58. The Balaban J connectivity index is 2.85. The van der Waals surface area contributed by atoms with Gasteiger partial charge < -0.3 is 9.84 Å². The summed E-state index contributed by atoms with van der Waals surface area (Å²) in [6.45, 7) is 13.0. The predicted octanol–water partition coefficient (Wildman–Crippen LogP) is 4.64. The van der Waals surface area contributed by atoms with Gasteiger partial charge >= 0.3 is 5.97 Å². The van der Waals surface area contributed by atoms with E-state index in [1.165, 1.54) is 5.56 Å². The van der Waals surface area contributed by atoms with Crippen LogP contribution in [-0.2, 0) is 10.2 Å². The van der Waals surface area contributed by atoms with Crippen LogP contribution in [0.1, 0.15) is 59.9 Å². The summed E-state index contributed by atoms with van der Waals surface area (Å²) in [7, 11) is 0. The Labute approximate surface area is 128 Å². The van der Waals surface area contributed by atoms with Gasteiger partial charge in [-0.15, -0.1) is 0 Å². The van der Waals surface area contributed by atoms with E-state index in [-0.39, 0.29) is 10.8 Å². The number of hydrogen-bond donors (Lipinski definition) is 1. The van der Waals surface area contributed by atoms with E-state index in [9.17, 15) is 4.79 Å². The largest absolute Gasteiger partial charge is 0.479 e. The van der Waals surface area contributed by atoms with Crippen molar-refractivity contribution < 1.29 is 14.6 Å². The van der Waals surface area contributed by atoms with Gasteiger partial charge in [0.05, 0.1) is 0 Å². The molecular formula is C18H28O3. The van der Waals surface area contributed by atoms with Gasteiger partial charge in [0.1, 0.15) is 5.75 Å². The second-order valence-electron chi connectivity index (χ2n) is 7.50. The van der Waals surface area contributed by atoms with E-state index in [4.69, 9.17) is 9.84 Å².